The zero-order valence-electron chi connectivity index (χ0n) is 10.3. The summed E-state index contributed by atoms with van der Waals surface area (Å²) in [7, 11) is 0. The highest BCUT2D eigenvalue weighted by molar-refractivity contribution is 7.11. The van der Waals surface area contributed by atoms with Crippen molar-refractivity contribution in [3.05, 3.63) is 34.4 Å². The van der Waals surface area contributed by atoms with E-state index in [4.69, 9.17) is 28.9 Å². The number of rotatable bonds is 2. The van der Waals surface area contributed by atoms with Crippen molar-refractivity contribution in [3.8, 4) is 5.75 Å². The Balaban J connectivity index is 2.04. The quantitative estimate of drug-likeness (QED) is 0.401. The van der Waals surface area contributed by atoms with Gasteiger partial charge in [0.2, 0.25) is 0 Å². The monoisotopic (exact) mass is 339 g/mol. The predicted molar refractivity (Wildman–Crippen MR) is 84.1 cm³/mol. The molecule has 0 saturated carbocycles. The number of fused-ring (bicyclic) bond motifs is 1. The molecule has 106 valence electrons. The molecule has 0 fully saturated rings. The number of phenolic OH excluding ortho intramolecular Hbond substituents is 1. The van der Waals surface area contributed by atoms with E-state index in [2.05, 4.69) is 19.6 Å². The largest absolute Gasteiger partial charge is 0.504 e. The topological polar surface area (TPSA) is 96.8 Å². The van der Waals surface area contributed by atoms with Crippen molar-refractivity contribution in [3.63, 3.8) is 0 Å². The molecule has 2 heterocycles. The van der Waals surface area contributed by atoms with Crippen LogP contribution in [0.25, 0.3) is 11.0 Å². The van der Waals surface area contributed by atoms with E-state index >= 15 is 0 Å². The van der Waals surface area contributed by atoms with Gasteiger partial charge in [0.05, 0.1) is 16.1 Å². The summed E-state index contributed by atoms with van der Waals surface area (Å²) in [4.78, 5) is 4.11. The van der Waals surface area contributed by atoms with Gasteiger partial charge < -0.3 is 10.8 Å². The summed E-state index contributed by atoms with van der Waals surface area (Å²) in [5.41, 5.74) is 6.56. The molecule has 0 radical (unpaired) electrons. The van der Waals surface area contributed by atoms with Gasteiger partial charge in [0, 0.05) is 6.20 Å². The smallest absolute Gasteiger partial charge is 0.175 e. The Hall–Kier alpha value is -1.96. The maximum atomic E-state index is 9.58. The first-order chi connectivity index (χ1) is 10.1. The Morgan fingerprint density at radius 2 is 2.05 bits per heavy atom. The molecule has 0 spiro atoms. The number of anilines is 1. The van der Waals surface area contributed by atoms with E-state index in [0.717, 1.165) is 5.39 Å². The fraction of sp³-hybridized carbons (Fsp3) is 0. The number of benzene rings is 1. The molecule has 1 aromatic carbocycles. The van der Waals surface area contributed by atoms with Crippen molar-refractivity contribution in [2.24, 2.45) is 10.2 Å². The van der Waals surface area contributed by atoms with Gasteiger partial charge in [-0.3, -0.25) is 0 Å². The zero-order valence-corrected chi connectivity index (χ0v) is 12.6. The van der Waals surface area contributed by atoms with Crippen LogP contribution in [0, 0.1) is 0 Å². The molecule has 0 unspecified atom stereocenters. The van der Waals surface area contributed by atoms with Crippen LogP contribution < -0.4 is 5.73 Å². The van der Waals surface area contributed by atoms with Gasteiger partial charge in [0.25, 0.3) is 0 Å². The number of hydrogen-bond donors (Lipinski definition) is 2. The SMILES string of the molecule is Nc1cc(N=Nc2snc3ncccc23)c(Cl)c(Cl)c1O. The zero-order chi connectivity index (χ0) is 15.0. The summed E-state index contributed by atoms with van der Waals surface area (Å²) in [6.07, 6.45) is 1.65. The van der Waals surface area contributed by atoms with Crippen molar-refractivity contribution in [2.75, 3.05) is 5.73 Å². The Labute approximate surface area is 133 Å². The van der Waals surface area contributed by atoms with Crippen LogP contribution in [0.1, 0.15) is 0 Å². The number of azo groups is 1. The minimum absolute atomic E-state index is 0.0542. The molecule has 6 nitrogen and oxygen atoms in total. The van der Waals surface area contributed by atoms with Crippen LogP contribution in [0.2, 0.25) is 10.0 Å². The second-order valence-corrected chi connectivity index (χ2v) is 5.53. The van der Waals surface area contributed by atoms with Gasteiger partial charge in [-0.25, -0.2) is 4.98 Å². The lowest BCUT2D eigenvalue weighted by Crippen LogP contribution is -1.86. The third-order valence-corrected chi connectivity index (χ3v) is 4.26. The summed E-state index contributed by atoms with van der Waals surface area (Å²) in [6.45, 7) is 0. The van der Waals surface area contributed by atoms with Gasteiger partial charge in [0.15, 0.2) is 16.4 Å². The van der Waals surface area contributed by atoms with Crippen molar-refractivity contribution in [1.82, 2.24) is 9.36 Å². The van der Waals surface area contributed by atoms with Crippen molar-refractivity contribution < 1.29 is 5.11 Å². The lowest BCUT2D eigenvalue weighted by atomic mass is 10.2. The predicted octanol–water partition coefficient (Wildman–Crippen LogP) is 4.70. The first kappa shape index (κ1) is 14.0. The Kier molecular flexibility index (Phi) is 3.62. The van der Waals surface area contributed by atoms with Crippen molar-refractivity contribution in [2.45, 2.75) is 0 Å². The highest BCUT2D eigenvalue weighted by Crippen LogP contribution is 2.43. The summed E-state index contributed by atoms with van der Waals surface area (Å²) in [6, 6.07) is 5.03. The number of aromatic hydroxyl groups is 1. The number of nitrogens with zero attached hydrogens (tertiary/aromatic N) is 4. The minimum atomic E-state index is -0.270. The fourth-order valence-electron chi connectivity index (χ4n) is 1.64. The van der Waals surface area contributed by atoms with Gasteiger partial charge in [-0.2, -0.15) is 4.37 Å². The number of nitrogen functional groups attached to an aromatic ring is 1. The van der Waals surface area contributed by atoms with E-state index in [-0.39, 0.29) is 27.2 Å². The van der Waals surface area contributed by atoms with Crippen LogP contribution in [-0.2, 0) is 0 Å². The molecule has 0 aliphatic rings. The van der Waals surface area contributed by atoms with Crippen molar-refractivity contribution >= 4 is 62.1 Å². The third-order valence-electron chi connectivity index (χ3n) is 2.68. The number of aromatic nitrogens is 2. The van der Waals surface area contributed by atoms with Gasteiger partial charge in [-0.15, -0.1) is 10.2 Å². The van der Waals surface area contributed by atoms with Gasteiger partial charge in [0.1, 0.15) is 10.7 Å². The molecule has 0 aliphatic carbocycles. The number of halogens is 2. The summed E-state index contributed by atoms with van der Waals surface area (Å²) in [5.74, 6) is -0.270. The molecule has 3 aromatic rings. The number of nitrogens with two attached hydrogens (primary N) is 1. The van der Waals surface area contributed by atoms with E-state index in [1.807, 2.05) is 6.07 Å². The van der Waals surface area contributed by atoms with Gasteiger partial charge >= 0.3 is 0 Å². The number of hydrogen-bond acceptors (Lipinski definition) is 7. The van der Waals surface area contributed by atoms with E-state index in [9.17, 15) is 5.11 Å². The van der Waals surface area contributed by atoms with Gasteiger partial charge in [-0.05, 0) is 29.7 Å². The molecular formula is C12H7Cl2N5OS. The molecule has 0 atom stereocenters. The highest BCUT2D eigenvalue weighted by atomic mass is 35.5. The number of pyridine rings is 1. The van der Waals surface area contributed by atoms with E-state index < -0.39 is 0 Å². The third kappa shape index (κ3) is 2.51. The Bertz CT molecular complexity index is 864. The van der Waals surface area contributed by atoms with E-state index in [1.54, 1.807) is 12.3 Å². The van der Waals surface area contributed by atoms with Crippen molar-refractivity contribution in [1.29, 1.82) is 0 Å². The summed E-state index contributed by atoms with van der Waals surface area (Å²) < 4.78 is 4.16. The molecule has 9 heteroatoms. The Morgan fingerprint density at radius 1 is 1.24 bits per heavy atom. The van der Waals surface area contributed by atoms with Crippen LogP contribution in [0.3, 0.4) is 0 Å². The lowest BCUT2D eigenvalue weighted by molar-refractivity contribution is 0.478. The molecular weight excluding hydrogens is 333 g/mol. The van der Waals surface area contributed by atoms with Crippen LogP contribution >= 0.6 is 34.7 Å². The van der Waals surface area contributed by atoms with Gasteiger partial charge in [-0.1, -0.05) is 23.2 Å². The van der Waals surface area contributed by atoms with Crippen LogP contribution in [-0.4, -0.2) is 14.5 Å². The fourth-order valence-corrected chi connectivity index (χ4v) is 2.68. The second kappa shape index (κ2) is 5.44. The average molecular weight is 340 g/mol. The Morgan fingerprint density at radius 3 is 2.86 bits per heavy atom. The molecule has 0 saturated heterocycles. The lowest BCUT2D eigenvalue weighted by Gasteiger charge is -2.05. The highest BCUT2D eigenvalue weighted by Gasteiger charge is 2.13. The first-order valence-corrected chi connectivity index (χ1v) is 7.19. The standard InChI is InChI=1S/C12H7Cl2N5OS/c13-8-7(4-6(15)10(20)9(8)14)17-18-12-5-2-1-3-16-11(5)19-21-12/h1-4,20H,15H2. The number of phenols is 1. The maximum absolute atomic E-state index is 9.58. The first-order valence-electron chi connectivity index (χ1n) is 5.66. The maximum Gasteiger partial charge on any atom is 0.175 e. The molecule has 21 heavy (non-hydrogen) atoms. The van der Waals surface area contributed by atoms with E-state index in [1.165, 1.54) is 17.6 Å². The second-order valence-electron chi connectivity index (χ2n) is 4.02. The molecule has 0 amide bonds. The molecule has 3 N–H and O–H groups in total. The summed E-state index contributed by atoms with van der Waals surface area (Å²) in [5, 5.41) is 19.1. The summed E-state index contributed by atoms with van der Waals surface area (Å²) >= 11 is 13.0. The molecule has 3 rings (SSSR count). The van der Waals surface area contributed by atoms with E-state index in [0.29, 0.717) is 10.6 Å². The normalized spacial score (nSPS) is 11.5. The van der Waals surface area contributed by atoms with Crippen LogP contribution in [0.4, 0.5) is 16.4 Å². The molecule has 2 aromatic heterocycles. The molecule has 0 bridgehead atoms. The van der Waals surface area contributed by atoms with Crippen LogP contribution in [0.15, 0.2) is 34.6 Å². The molecule has 0 aliphatic heterocycles. The minimum Gasteiger partial charge on any atom is -0.504 e. The van der Waals surface area contributed by atoms with Crippen LogP contribution in [0.5, 0.6) is 5.75 Å². The average Bonchev–Trinajstić information content (AvgIpc) is 2.91.